The lowest BCUT2D eigenvalue weighted by molar-refractivity contribution is 0.212. The Hall–Kier alpha value is -0.960. The van der Waals surface area contributed by atoms with Crippen molar-refractivity contribution in [2.45, 2.75) is 31.3 Å². The van der Waals surface area contributed by atoms with Gasteiger partial charge in [0.1, 0.15) is 0 Å². The first-order valence-corrected chi connectivity index (χ1v) is 5.07. The Morgan fingerprint density at radius 2 is 2.15 bits per heavy atom. The molecule has 0 saturated heterocycles. The third-order valence-corrected chi connectivity index (χ3v) is 2.36. The minimum absolute atomic E-state index is 0.160. The maximum absolute atomic E-state index is 10.7. The van der Waals surface area contributed by atoms with Gasteiger partial charge in [-0.15, -0.1) is 0 Å². The van der Waals surface area contributed by atoms with Gasteiger partial charge in [0.15, 0.2) is 5.75 Å². The Kier molecular flexibility index (Phi) is 3.83. The SMILES string of the molecule is CCC(C)Oc1ccccc1[S+]=O. The number of hydrogen-bond donors (Lipinski definition) is 0. The average Bonchev–Trinajstić information content (AvgIpc) is 2.18. The van der Waals surface area contributed by atoms with E-state index >= 15 is 0 Å². The number of ether oxygens (including phenoxy) is 1. The maximum atomic E-state index is 10.7. The van der Waals surface area contributed by atoms with E-state index in [1.807, 2.05) is 25.1 Å². The third kappa shape index (κ3) is 2.77. The van der Waals surface area contributed by atoms with Crippen molar-refractivity contribution in [3.05, 3.63) is 24.3 Å². The van der Waals surface area contributed by atoms with Crippen LogP contribution in [0.3, 0.4) is 0 Å². The van der Waals surface area contributed by atoms with Crippen molar-refractivity contribution in [1.82, 2.24) is 0 Å². The van der Waals surface area contributed by atoms with Crippen LogP contribution in [0.1, 0.15) is 20.3 Å². The molecule has 13 heavy (non-hydrogen) atoms. The van der Waals surface area contributed by atoms with Gasteiger partial charge in [-0.3, -0.25) is 0 Å². The second-order valence-electron chi connectivity index (χ2n) is 2.87. The van der Waals surface area contributed by atoms with Gasteiger partial charge < -0.3 is 4.74 Å². The van der Waals surface area contributed by atoms with Crippen LogP contribution in [0.5, 0.6) is 5.75 Å². The summed E-state index contributed by atoms with van der Waals surface area (Å²) in [5.41, 5.74) is 0. The molecule has 0 aliphatic heterocycles. The highest BCUT2D eigenvalue weighted by Crippen LogP contribution is 2.19. The second kappa shape index (κ2) is 4.92. The van der Waals surface area contributed by atoms with Crippen LogP contribution in [0.2, 0.25) is 0 Å². The third-order valence-electron chi connectivity index (χ3n) is 1.84. The molecule has 0 amide bonds. The molecule has 0 spiro atoms. The monoisotopic (exact) mass is 197 g/mol. The summed E-state index contributed by atoms with van der Waals surface area (Å²) in [6, 6.07) is 7.31. The van der Waals surface area contributed by atoms with Crippen molar-refractivity contribution in [3.8, 4) is 5.75 Å². The molecule has 0 saturated carbocycles. The molecule has 2 nitrogen and oxygen atoms in total. The van der Waals surface area contributed by atoms with Gasteiger partial charge in [-0.25, -0.2) is 0 Å². The van der Waals surface area contributed by atoms with E-state index in [1.54, 1.807) is 6.07 Å². The molecular formula is C10H13O2S+. The largest absolute Gasteiger partial charge is 0.509 e. The standard InChI is InChI=1S/C10H13O2S/c1-3-8(2)12-9-6-4-5-7-10(9)13-11/h4-8H,3H2,1-2H3/q+1. The minimum atomic E-state index is 0.160. The summed E-state index contributed by atoms with van der Waals surface area (Å²) in [7, 11) is 0. The van der Waals surface area contributed by atoms with Crippen LogP contribution >= 0.6 is 0 Å². The van der Waals surface area contributed by atoms with Crippen LogP contribution < -0.4 is 4.74 Å². The molecule has 0 aromatic heterocycles. The number of rotatable bonds is 4. The summed E-state index contributed by atoms with van der Waals surface area (Å²) in [6.07, 6.45) is 1.10. The van der Waals surface area contributed by atoms with Crippen LogP contribution in [0.4, 0.5) is 0 Å². The predicted octanol–water partition coefficient (Wildman–Crippen LogP) is 2.65. The molecule has 0 radical (unpaired) electrons. The summed E-state index contributed by atoms with van der Waals surface area (Å²) in [5.74, 6) is 0.692. The quantitative estimate of drug-likeness (QED) is 0.694. The Morgan fingerprint density at radius 1 is 1.46 bits per heavy atom. The van der Waals surface area contributed by atoms with E-state index in [9.17, 15) is 4.21 Å². The van der Waals surface area contributed by atoms with E-state index in [0.717, 1.165) is 6.42 Å². The van der Waals surface area contributed by atoms with Crippen LogP contribution in [0.25, 0.3) is 0 Å². The van der Waals surface area contributed by atoms with Crippen molar-refractivity contribution in [2.75, 3.05) is 0 Å². The molecule has 70 valence electrons. The molecule has 0 bridgehead atoms. The van der Waals surface area contributed by atoms with Gasteiger partial charge in [0.25, 0.3) is 0 Å². The summed E-state index contributed by atoms with van der Waals surface area (Å²) >= 11 is 0.473. The molecule has 0 N–H and O–H groups in total. The molecule has 0 aliphatic rings. The maximum Gasteiger partial charge on any atom is 0.509 e. The Labute approximate surface area is 82.4 Å². The zero-order valence-corrected chi connectivity index (χ0v) is 8.64. The van der Waals surface area contributed by atoms with Crippen LogP contribution in [-0.2, 0) is 15.9 Å². The van der Waals surface area contributed by atoms with Gasteiger partial charge >= 0.3 is 16.6 Å². The Bertz CT molecular complexity index is 286. The molecule has 0 aliphatic carbocycles. The minimum Gasteiger partial charge on any atom is -0.485 e. The molecule has 3 heteroatoms. The lowest BCUT2D eigenvalue weighted by Crippen LogP contribution is -2.10. The first-order valence-electron chi connectivity index (χ1n) is 4.33. The van der Waals surface area contributed by atoms with Crippen LogP contribution in [-0.4, -0.2) is 6.10 Å². The van der Waals surface area contributed by atoms with Gasteiger partial charge in [-0.2, -0.15) is 0 Å². The lowest BCUT2D eigenvalue weighted by Gasteiger charge is -2.10. The van der Waals surface area contributed by atoms with E-state index in [0.29, 0.717) is 22.3 Å². The van der Waals surface area contributed by atoms with Crippen molar-refractivity contribution >= 4 is 11.7 Å². The van der Waals surface area contributed by atoms with E-state index in [1.165, 1.54) is 0 Å². The Balaban J connectivity index is 2.80. The summed E-state index contributed by atoms with van der Waals surface area (Å²) < 4.78 is 16.2. The zero-order chi connectivity index (χ0) is 9.68. The molecule has 1 atom stereocenters. The molecule has 1 rings (SSSR count). The fourth-order valence-corrected chi connectivity index (χ4v) is 1.25. The second-order valence-corrected chi connectivity index (χ2v) is 3.47. The van der Waals surface area contributed by atoms with Crippen LogP contribution in [0, 0.1) is 0 Å². The van der Waals surface area contributed by atoms with E-state index < -0.39 is 0 Å². The number of benzene rings is 1. The highest BCUT2D eigenvalue weighted by atomic mass is 32.1. The van der Waals surface area contributed by atoms with E-state index in [4.69, 9.17) is 4.74 Å². The average molecular weight is 197 g/mol. The summed E-state index contributed by atoms with van der Waals surface area (Å²) in [5, 5.41) is 0. The predicted molar refractivity (Wildman–Crippen MR) is 53.1 cm³/mol. The molecule has 0 heterocycles. The van der Waals surface area contributed by atoms with Gasteiger partial charge in [0.05, 0.1) is 6.10 Å². The molecule has 1 unspecified atom stereocenters. The Morgan fingerprint density at radius 3 is 2.77 bits per heavy atom. The highest BCUT2D eigenvalue weighted by Gasteiger charge is 2.15. The van der Waals surface area contributed by atoms with Gasteiger partial charge in [0.2, 0.25) is 0 Å². The molecule has 0 fully saturated rings. The highest BCUT2D eigenvalue weighted by molar-refractivity contribution is 7.65. The smallest absolute Gasteiger partial charge is 0.485 e. The summed E-state index contributed by atoms with van der Waals surface area (Å²) in [4.78, 5) is 0.655. The molecular weight excluding hydrogens is 184 g/mol. The fourth-order valence-electron chi connectivity index (χ4n) is 0.916. The fraction of sp³-hybridized carbons (Fsp3) is 0.400. The lowest BCUT2D eigenvalue weighted by atomic mass is 10.3. The first kappa shape index (κ1) is 10.1. The van der Waals surface area contributed by atoms with Crippen LogP contribution in [0.15, 0.2) is 29.2 Å². The van der Waals surface area contributed by atoms with Crippen molar-refractivity contribution < 1.29 is 8.95 Å². The van der Waals surface area contributed by atoms with Crippen molar-refractivity contribution in [3.63, 3.8) is 0 Å². The molecule has 1 aromatic rings. The van der Waals surface area contributed by atoms with E-state index in [-0.39, 0.29) is 6.10 Å². The topological polar surface area (TPSA) is 26.3 Å². The zero-order valence-electron chi connectivity index (χ0n) is 7.82. The van der Waals surface area contributed by atoms with Crippen molar-refractivity contribution in [2.24, 2.45) is 0 Å². The normalized spacial score (nSPS) is 12.2. The number of hydrogen-bond acceptors (Lipinski definition) is 2. The first-order chi connectivity index (χ1) is 6.27. The number of para-hydroxylation sites is 1. The summed E-state index contributed by atoms with van der Waals surface area (Å²) in [6.45, 7) is 4.05. The van der Waals surface area contributed by atoms with Gasteiger partial charge in [0, 0.05) is 10.3 Å². The van der Waals surface area contributed by atoms with E-state index in [2.05, 4.69) is 6.92 Å². The van der Waals surface area contributed by atoms with Crippen molar-refractivity contribution in [1.29, 1.82) is 0 Å². The van der Waals surface area contributed by atoms with Gasteiger partial charge in [-0.1, -0.05) is 19.1 Å². The molecule has 1 aromatic carbocycles. The van der Waals surface area contributed by atoms with Gasteiger partial charge in [-0.05, 0) is 19.4 Å².